The molecule has 0 bridgehead atoms. The highest BCUT2D eigenvalue weighted by Gasteiger charge is 2.16. The summed E-state index contributed by atoms with van der Waals surface area (Å²) in [6, 6.07) is 19.6. The van der Waals surface area contributed by atoms with Crippen LogP contribution < -0.4 is 5.14 Å². The molecular formula is C26H23NO5S. The van der Waals surface area contributed by atoms with Crippen molar-refractivity contribution in [2.75, 3.05) is 0 Å². The summed E-state index contributed by atoms with van der Waals surface area (Å²) in [6.45, 7) is 1.42. The Morgan fingerprint density at radius 2 is 1.73 bits per heavy atom. The summed E-state index contributed by atoms with van der Waals surface area (Å²) in [5.41, 5.74) is 5.93. The Balaban J connectivity index is 1.65. The number of aryl methyl sites for hydroxylation is 1. The van der Waals surface area contributed by atoms with Crippen LogP contribution in [0.25, 0.3) is 22.3 Å². The fraction of sp³-hybridized carbons (Fsp3) is 0.115. The van der Waals surface area contributed by atoms with Crippen molar-refractivity contribution in [3.8, 4) is 22.3 Å². The minimum atomic E-state index is -3.81. The Bertz CT molecular complexity index is 1420. The van der Waals surface area contributed by atoms with E-state index < -0.39 is 10.0 Å². The minimum Gasteiger partial charge on any atom is -0.472 e. The maximum Gasteiger partial charge on any atom is 0.238 e. The molecule has 4 rings (SSSR count). The maximum absolute atomic E-state index is 12.9. The number of ketones is 1. The van der Waals surface area contributed by atoms with E-state index in [0.717, 1.165) is 22.3 Å². The number of benzene rings is 3. The van der Waals surface area contributed by atoms with Crippen molar-refractivity contribution in [3.63, 3.8) is 0 Å². The molecule has 0 aliphatic carbocycles. The first-order chi connectivity index (χ1) is 15.8. The highest BCUT2D eigenvalue weighted by Crippen LogP contribution is 2.34. The molecule has 0 radical (unpaired) electrons. The van der Waals surface area contributed by atoms with E-state index in [1.807, 2.05) is 36.4 Å². The topological polar surface area (TPSA) is 111 Å². The maximum atomic E-state index is 12.9. The fourth-order valence-corrected chi connectivity index (χ4v) is 4.74. The predicted octanol–water partition coefficient (Wildman–Crippen LogP) is 4.49. The van der Waals surface area contributed by atoms with Gasteiger partial charge in [0.1, 0.15) is 0 Å². The van der Waals surface area contributed by atoms with Crippen molar-refractivity contribution in [3.05, 3.63) is 102 Å². The number of hydrogen-bond acceptors (Lipinski definition) is 5. The average molecular weight is 462 g/mol. The van der Waals surface area contributed by atoms with Gasteiger partial charge in [0.05, 0.1) is 24.0 Å². The number of aliphatic hydroxyl groups excluding tert-OH is 1. The molecule has 0 fully saturated rings. The third-order valence-electron chi connectivity index (χ3n) is 5.56. The zero-order chi connectivity index (χ0) is 23.6. The first-order valence-electron chi connectivity index (χ1n) is 10.3. The third kappa shape index (κ3) is 4.80. The summed E-state index contributed by atoms with van der Waals surface area (Å²) >= 11 is 0. The quantitative estimate of drug-likeness (QED) is 0.394. The summed E-state index contributed by atoms with van der Waals surface area (Å²) in [7, 11) is -3.81. The Labute approximate surface area is 192 Å². The molecule has 1 heterocycles. The molecule has 0 spiro atoms. The zero-order valence-corrected chi connectivity index (χ0v) is 18.8. The molecule has 33 heavy (non-hydrogen) atoms. The van der Waals surface area contributed by atoms with Gasteiger partial charge in [-0.2, -0.15) is 0 Å². The Morgan fingerprint density at radius 1 is 0.970 bits per heavy atom. The molecule has 0 unspecified atom stereocenters. The number of sulfonamides is 1. The predicted molar refractivity (Wildman–Crippen MR) is 126 cm³/mol. The van der Waals surface area contributed by atoms with Gasteiger partial charge in [-0.25, -0.2) is 13.6 Å². The number of primary sulfonamides is 1. The lowest BCUT2D eigenvalue weighted by Gasteiger charge is -2.14. The SMILES string of the molecule is Cc1cc(CC(=O)c2ccc(-c3ccccc3-c3ccoc3)c(CO)c2)ccc1S(N)(=O)=O. The van der Waals surface area contributed by atoms with Gasteiger partial charge in [0, 0.05) is 17.5 Å². The van der Waals surface area contributed by atoms with Crippen LogP contribution in [-0.2, 0) is 23.1 Å². The van der Waals surface area contributed by atoms with Crippen LogP contribution in [0.5, 0.6) is 0 Å². The number of carbonyl (C=O) groups excluding carboxylic acids is 1. The minimum absolute atomic E-state index is 0.0434. The highest BCUT2D eigenvalue weighted by molar-refractivity contribution is 7.89. The molecule has 0 atom stereocenters. The molecule has 6 nitrogen and oxygen atoms in total. The van der Waals surface area contributed by atoms with Gasteiger partial charge in [0.2, 0.25) is 10.0 Å². The van der Waals surface area contributed by atoms with E-state index in [0.29, 0.717) is 22.3 Å². The lowest BCUT2D eigenvalue weighted by atomic mass is 9.91. The molecule has 3 N–H and O–H groups in total. The van der Waals surface area contributed by atoms with Crippen LogP contribution >= 0.6 is 0 Å². The lowest BCUT2D eigenvalue weighted by molar-refractivity contribution is 0.0993. The average Bonchev–Trinajstić information content (AvgIpc) is 3.32. The molecule has 0 aliphatic heterocycles. The van der Waals surface area contributed by atoms with Crippen molar-refractivity contribution in [1.29, 1.82) is 0 Å². The summed E-state index contributed by atoms with van der Waals surface area (Å²) in [5.74, 6) is -0.137. The summed E-state index contributed by atoms with van der Waals surface area (Å²) in [5, 5.41) is 15.3. The first-order valence-corrected chi connectivity index (χ1v) is 11.8. The van der Waals surface area contributed by atoms with Crippen LogP contribution in [0.15, 0.2) is 88.6 Å². The Morgan fingerprint density at radius 3 is 2.36 bits per heavy atom. The summed E-state index contributed by atoms with van der Waals surface area (Å²) in [6.07, 6.45) is 3.37. The van der Waals surface area contributed by atoms with E-state index in [1.54, 1.807) is 43.7 Å². The van der Waals surface area contributed by atoms with Crippen LogP contribution in [0, 0.1) is 6.92 Å². The molecular weight excluding hydrogens is 438 g/mol. The van der Waals surface area contributed by atoms with Crippen molar-refractivity contribution < 1.29 is 22.7 Å². The smallest absolute Gasteiger partial charge is 0.238 e. The van der Waals surface area contributed by atoms with Crippen molar-refractivity contribution in [2.24, 2.45) is 5.14 Å². The number of furan rings is 1. The molecule has 0 saturated carbocycles. The standard InChI is InChI=1S/C26H23NO5S/c1-17-12-18(6-9-26(17)33(27,30)31)13-25(29)19-7-8-23(21(14-19)15-28)24-5-3-2-4-22(24)20-10-11-32-16-20/h2-12,14,16,28H,13,15H2,1H3,(H2,27,30,31). The van der Waals surface area contributed by atoms with Crippen LogP contribution in [0.1, 0.15) is 27.0 Å². The Kier molecular flexibility index (Phi) is 6.29. The van der Waals surface area contributed by atoms with Gasteiger partial charge in [0.25, 0.3) is 0 Å². The second-order valence-electron chi connectivity index (χ2n) is 7.83. The van der Waals surface area contributed by atoms with Crippen molar-refractivity contribution in [1.82, 2.24) is 0 Å². The van der Waals surface area contributed by atoms with E-state index in [1.165, 1.54) is 6.07 Å². The van der Waals surface area contributed by atoms with Gasteiger partial charge < -0.3 is 9.52 Å². The largest absolute Gasteiger partial charge is 0.472 e. The molecule has 0 saturated heterocycles. The first kappa shape index (κ1) is 22.7. The fourth-order valence-electron chi connectivity index (χ4n) is 3.98. The van der Waals surface area contributed by atoms with E-state index in [4.69, 9.17) is 9.56 Å². The van der Waals surface area contributed by atoms with E-state index in [-0.39, 0.29) is 23.7 Å². The van der Waals surface area contributed by atoms with Gasteiger partial charge in [-0.15, -0.1) is 0 Å². The lowest BCUT2D eigenvalue weighted by Crippen LogP contribution is -2.14. The molecule has 168 valence electrons. The number of aliphatic hydroxyl groups is 1. The van der Waals surface area contributed by atoms with Crippen molar-refractivity contribution >= 4 is 15.8 Å². The molecule has 3 aromatic carbocycles. The normalized spacial score (nSPS) is 11.5. The van der Waals surface area contributed by atoms with Gasteiger partial charge in [0.15, 0.2) is 5.78 Å². The highest BCUT2D eigenvalue weighted by atomic mass is 32.2. The zero-order valence-electron chi connectivity index (χ0n) is 18.0. The molecule has 4 aromatic rings. The van der Waals surface area contributed by atoms with Crippen LogP contribution in [-0.4, -0.2) is 19.3 Å². The Hall–Kier alpha value is -3.52. The summed E-state index contributed by atoms with van der Waals surface area (Å²) < 4.78 is 28.4. The third-order valence-corrected chi connectivity index (χ3v) is 6.63. The van der Waals surface area contributed by atoms with Crippen LogP contribution in [0.4, 0.5) is 0 Å². The number of Topliss-reactive ketones (excluding diaryl/α,β-unsaturated/α-hetero) is 1. The van der Waals surface area contributed by atoms with Crippen LogP contribution in [0.2, 0.25) is 0 Å². The van der Waals surface area contributed by atoms with E-state index >= 15 is 0 Å². The van der Waals surface area contributed by atoms with Crippen molar-refractivity contribution in [2.45, 2.75) is 24.8 Å². The number of hydrogen-bond donors (Lipinski definition) is 2. The van der Waals surface area contributed by atoms with Gasteiger partial charge in [-0.3, -0.25) is 4.79 Å². The summed E-state index contributed by atoms with van der Waals surface area (Å²) in [4.78, 5) is 13.0. The van der Waals surface area contributed by atoms with Gasteiger partial charge in [-0.05, 0) is 58.5 Å². The molecule has 0 aliphatic rings. The molecule has 7 heteroatoms. The second-order valence-corrected chi connectivity index (χ2v) is 9.36. The number of nitrogens with two attached hydrogens (primary N) is 1. The van der Waals surface area contributed by atoms with Gasteiger partial charge in [-0.1, -0.05) is 48.5 Å². The number of carbonyl (C=O) groups is 1. The molecule has 1 aromatic heterocycles. The number of rotatable bonds is 7. The van der Waals surface area contributed by atoms with E-state index in [2.05, 4.69) is 0 Å². The molecule has 0 amide bonds. The monoisotopic (exact) mass is 461 g/mol. The second kappa shape index (κ2) is 9.15. The van der Waals surface area contributed by atoms with E-state index in [9.17, 15) is 18.3 Å². The van der Waals surface area contributed by atoms with Crippen LogP contribution in [0.3, 0.4) is 0 Å². The van der Waals surface area contributed by atoms with Gasteiger partial charge >= 0.3 is 0 Å².